The number of para-hydroxylation sites is 1. The molecule has 6 nitrogen and oxygen atoms in total. The standard InChI is InChI=1S/C20H18N4O2S/c1-24-18(14(10-21-24)12-6-4-7-12)19(25)23-20-22-15(11-27-20)17-9-13-5-2-3-8-16(13)26-17/h2-3,5,8-12H,4,6-7H2,1H3,(H,22,23,25). The molecule has 1 aromatic carbocycles. The van der Waals surface area contributed by atoms with Crippen LogP contribution in [0.4, 0.5) is 5.13 Å². The summed E-state index contributed by atoms with van der Waals surface area (Å²) in [6.07, 6.45) is 5.28. The summed E-state index contributed by atoms with van der Waals surface area (Å²) in [5.74, 6) is 0.980. The number of carbonyl (C=O) groups is 1. The number of furan rings is 1. The Bertz CT molecular complexity index is 1100. The number of aromatic nitrogens is 3. The highest BCUT2D eigenvalue weighted by molar-refractivity contribution is 7.14. The lowest BCUT2D eigenvalue weighted by atomic mass is 9.80. The summed E-state index contributed by atoms with van der Waals surface area (Å²) >= 11 is 1.39. The first kappa shape index (κ1) is 16.3. The van der Waals surface area contributed by atoms with Crippen molar-refractivity contribution in [3.8, 4) is 11.5 Å². The largest absolute Gasteiger partial charge is 0.454 e. The zero-order valence-electron chi connectivity index (χ0n) is 14.8. The van der Waals surface area contributed by atoms with E-state index in [4.69, 9.17) is 4.42 Å². The van der Waals surface area contributed by atoms with Crippen molar-refractivity contribution in [1.82, 2.24) is 14.8 Å². The van der Waals surface area contributed by atoms with Gasteiger partial charge in [-0.3, -0.25) is 14.8 Å². The summed E-state index contributed by atoms with van der Waals surface area (Å²) in [5.41, 5.74) is 3.21. The molecule has 1 aliphatic rings. The summed E-state index contributed by atoms with van der Waals surface area (Å²) in [7, 11) is 1.80. The molecule has 0 aliphatic heterocycles. The summed E-state index contributed by atoms with van der Waals surface area (Å²) in [6, 6.07) is 9.81. The van der Waals surface area contributed by atoms with Crippen LogP contribution in [-0.2, 0) is 7.05 Å². The summed E-state index contributed by atoms with van der Waals surface area (Å²) in [6.45, 7) is 0. The van der Waals surface area contributed by atoms with E-state index in [0.29, 0.717) is 22.5 Å². The molecular formula is C20H18N4O2S. The molecule has 1 aliphatic carbocycles. The minimum atomic E-state index is -0.164. The number of anilines is 1. The van der Waals surface area contributed by atoms with E-state index >= 15 is 0 Å². The Kier molecular flexibility index (Phi) is 3.82. The van der Waals surface area contributed by atoms with Gasteiger partial charge in [-0.1, -0.05) is 24.6 Å². The summed E-state index contributed by atoms with van der Waals surface area (Å²) in [4.78, 5) is 17.3. The molecule has 1 fully saturated rings. The van der Waals surface area contributed by atoms with Crippen LogP contribution in [0.25, 0.3) is 22.4 Å². The molecule has 5 rings (SSSR count). The lowest BCUT2D eigenvalue weighted by molar-refractivity contribution is 0.101. The van der Waals surface area contributed by atoms with Crippen molar-refractivity contribution >= 4 is 33.3 Å². The third kappa shape index (κ3) is 2.84. The lowest BCUT2D eigenvalue weighted by Crippen LogP contribution is -2.20. The maximum absolute atomic E-state index is 12.8. The minimum Gasteiger partial charge on any atom is -0.454 e. The molecule has 0 atom stereocenters. The number of hydrogen-bond acceptors (Lipinski definition) is 5. The first-order chi connectivity index (χ1) is 13.2. The van der Waals surface area contributed by atoms with Crippen LogP contribution >= 0.6 is 11.3 Å². The molecule has 3 aromatic heterocycles. The molecule has 3 heterocycles. The van der Waals surface area contributed by atoms with Gasteiger partial charge in [-0.25, -0.2) is 4.98 Å². The van der Waals surface area contributed by atoms with Gasteiger partial charge >= 0.3 is 0 Å². The van der Waals surface area contributed by atoms with Crippen molar-refractivity contribution in [2.24, 2.45) is 7.05 Å². The number of benzene rings is 1. The zero-order chi connectivity index (χ0) is 18.4. The van der Waals surface area contributed by atoms with E-state index in [0.717, 1.165) is 35.1 Å². The summed E-state index contributed by atoms with van der Waals surface area (Å²) in [5, 5.41) is 10.7. The monoisotopic (exact) mass is 378 g/mol. The quantitative estimate of drug-likeness (QED) is 0.553. The predicted octanol–water partition coefficient (Wildman–Crippen LogP) is 4.81. The van der Waals surface area contributed by atoms with Crippen LogP contribution in [0, 0.1) is 0 Å². The van der Waals surface area contributed by atoms with Crippen LogP contribution in [0.1, 0.15) is 41.2 Å². The van der Waals surface area contributed by atoms with Crippen LogP contribution in [0.15, 0.2) is 46.3 Å². The van der Waals surface area contributed by atoms with E-state index in [1.165, 1.54) is 17.8 Å². The first-order valence-corrected chi connectivity index (χ1v) is 9.85. The first-order valence-electron chi connectivity index (χ1n) is 8.97. The predicted molar refractivity (Wildman–Crippen MR) is 105 cm³/mol. The second kappa shape index (κ2) is 6.35. The van der Waals surface area contributed by atoms with Crippen molar-refractivity contribution < 1.29 is 9.21 Å². The molecule has 0 saturated heterocycles. The van der Waals surface area contributed by atoms with Gasteiger partial charge < -0.3 is 4.42 Å². The Balaban J connectivity index is 1.39. The molecule has 0 radical (unpaired) electrons. The van der Waals surface area contributed by atoms with E-state index < -0.39 is 0 Å². The van der Waals surface area contributed by atoms with Crippen molar-refractivity contribution in [3.05, 3.63) is 53.2 Å². The number of aryl methyl sites for hydroxylation is 1. The Labute approximate surface area is 159 Å². The van der Waals surface area contributed by atoms with Gasteiger partial charge in [-0.2, -0.15) is 5.10 Å². The lowest BCUT2D eigenvalue weighted by Gasteiger charge is -2.25. The Hall–Kier alpha value is -2.93. The van der Waals surface area contributed by atoms with Crippen LogP contribution in [-0.4, -0.2) is 20.7 Å². The number of nitrogens with zero attached hydrogens (tertiary/aromatic N) is 3. The van der Waals surface area contributed by atoms with Gasteiger partial charge in [0.25, 0.3) is 5.91 Å². The van der Waals surface area contributed by atoms with Crippen molar-refractivity contribution in [1.29, 1.82) is 0 Å². The SMILES string of the molecule is Cn1ncc(C2CCC2)c1C(=O)Nc1nc(-c2cc3ccccc3o2)cs1. The van der Waals surface area contributed by atoms with Gasteiger partial charge in [-0.15, -0.1) is 11.3 Å². The highest BCUT2D eigenvalue weighted by atomic mass is 32.1. The molecule has 0 unspecified atom stereocenters. The third-order valence-corrected chi connectivity index (χ3v) is 5.89. The number of carbonyl (C=O) groups excluding carboxylic acids is 1. The van der Waals surface area contributed by atoms with Crippen molar-refractivity contribution in [2.45, 2.75) is 25.2 Å². The van der Waals surface area contributed by atoms with E-state index in [9.17, 15) is 4.79 Å². The minimum absolute atomic E-state index is 0.164. The van der Waals surface area contributed by atoms with Gasteiger partial charge in [0.2, 0.25) is 0 Å². The molecule has 0 spiro atoms. The Morgan fingerprint density at radius 2 is 2.19 bits per heavy atom. The van der Waals surface area contributed by atoms with Crippen molar-refractivity contribution in [3.63, 3.8) is 0 Å². The molecule has 1 N–H and O–H groups in total. The number of thiazole rings is 1. The molecule has 0 bridgehead atoms. The van der Waals surface area contributed by atoms with E-state index in [2.05, 4.69) is 15.4 Å². The number of fused-ring (bicyclic) bond motifs is 1. The van der Waals surface area contributed by atoms with E-state index in [1.807, 2.05) is 41.9 Å². The number of rotatable bonds is 4. The average Bonchev–Trinajstić information content (AvgIpc) is 3.31. The highest BCUT2D eigenvalue weighted by Gasteiger charge is 2.28. The van der Waals surface area contributed by atoms with Crippen LogP contribution in [0.3, 0.4) is 0 Å². The molecule has 136 valence electrons. The van der Waals surface area contributed by atoms with Gasteiger partial charge in [0.15, 0.2) is 10.9 Å². The van der Waals surface area contributed by atoms with E-state index in [-0.39, 0.29) is 5.91 Å². The van der Waals surface area contributed by atoms with Gasteiger partial charge in [0.1, 0.15) is 17.0 Å². The fraction of sp³-hybridized carbons (Fsp3) is 0.250. The van der Waals surface area contributed by atoms with Gasteiger partial charge in [-0.05, 0) is 30.9 Å². The zero-order valence-corrected chi connectivity index (χ0v) is 15.6. The Morgan fingerprint density at radius 3 is 2.96 bits per heavy atom. The maximum atomic E-state index is 12.8. The smallest absolute Gasteiger partial charge is 0.275 e. The molecule has 4 aromatic rings. The second-order valence-corrected chi connectivity index (χ2v) is 7.70. The molecular weight excluding hydrogens is 360 g/mol. The summed E-state index contributed by atoms with van der Waals surface area (Å²) < 4.78 is 7.50. The van der Waals surface area contributed by atoms with Crippen molar-refractivity contribution in [2.75, 3.05) is 5.32 Å². The fourth-order valence-electron chi connectivity index (χ4n) is 3.46. The molecule has 7 heteroatoms. The third-order valence-electron chi connectivity index (χ3n) is 5.13. The molecule has 1 amide bonds. The van der Waals surface area contributed by atoms with Crippen LogP contribution in [0.5, 0.6) is 0 Å². The molecule has 1 saturated carbocycles. The Morgan fingerprint density at radius 1 is 1.33 bits per heavy atom. The van der Waals surface area contributed by atoms with Crippen LogP contribution in [0.2, 0.25) is 0 Å². The number of hydrogen-bond donors (Lipinski definition) is 1. The van der Waals surface area contributed by atoms with Crippen LogP contribution < -0.4 is 5.32 Å². The van der Waals surface area contributed by atoms with Gasteiger partial charge in [0, 0.05) is 23.4 Å². The van der Waals surface area contributed by atoms with E-state index in [1.54, 1.807) is 11.7 Å². The second-order valence-electron chi connectivity index (χ2n) is 6.84. The fourth-order valence-corrected chi connectivity index (χ4v) is 4.15. The normalized spacial score (nSPS) is 14.4. The highest BCUT2D eigenvalue weighted by Crippen LogP contribution is 2.38. The number of nitrogens with one attached hydrogen (secondary N) is 1. The van der Waals surface area contributed by atoms with Gasteiger partial charge in [0.05, 0.1) is 6.20 Å². The topological polar surface area (TPSA) is 73.0 Å². The molecule has 27 heavy (non-hydrogen) atoms. The average molecular weight is 378 g/mol. The number of amides is 1. The maximum Gasteiger partial charge on any atom is 0.275 e.